The molecule has 6 rings (SSSR count). The van der Waals surface area contributed by atoms with Crippen molar-refractivity contribution in [2.24, 2.45) is 5.41 Å². The van der Waals surface area contributed by atoms with Gasteiger partial charge in [0.1, 0.15) is 55.5 Å². The molecular weight excluding hydrogens is 886 g/mol. The second-order valence-electron chi connectivity index (χ2n) is 14.7. The van der Waals surface area contributed by atoms with Crippen molar-refractivity contribution in [3.05, 3.63) is 168 Å². The summed E-state index contributed by atoms with van der Waals surface area (Å²) in [4.78, 5) is 23.6. The Labute approximate surface area is 385 Å². The van der Waals surface area contributed by atoms with Crippen molar-refractivity contribution in [2.45, 2.75) is 59.5 Å². The molecule has 4 aromatic carbocycles. The average Bonchev–Trinajstić information content (AvgIpc) is 3.29. The average molecular weight is 927 g/mol. The van der Waals surface area contributed by atoms with Gasteiger partial charge in [-0.15, -0.1) is 0 Å². The minimum Gasteiger partial charge on any atom is -0.488 e. The highest BCUT2D eigenvalue weighted by molar-refractivity contribution is 6.37. The predicted octanol–water partition coefficient (Wildman–Crippen LogP) is 12.1. The van der Waals surface area contributed by atoms with Gasteiger partial charge < -0.3 is 29.2 Å². The number of nitriles is 1. The summed E-state index contributed by atoms with van der Waals surface area (Å²) in [6.07, 6.45) is 7.18. The normalized spacial score (nSPS) is 11.8. The van der Waals surface area contributed by atoms with Crippen LogP contribution in [0.1, 0.15) is 59.2 Å². The number of aliphatic hydroxyl groups excluding tert-OH is 1. The number of carboxylic acids is 1. The maximum absolute atomic E-state index is 11.9. The lowest BCUT2D eigenvalue weighted by Crippen LogP contribution is -2.32. The molecule has 2 heterocycles. The summed E-state index contributed by atoms with van der Waals surface area (Å²) >= 11 is 27.5. The lowest BCUT2D eigenvalue weighted by molar-refractivity contribution is -0.150. The summed E-state index contributed by atoms with van der Waals surface area (Å²) in [6.45, 7) is 10.6. The highest BCUT2D eigenvalue weighted by atomic mass is 35.5. The molecule has 0 amide bonds. The molecule has 1 atom stereocenters. The van der Waals surface area contributed by atoms with Crippen LogP contribution in [0.4, 0.5) is 5.69 Å². The van der Waals surface area contributed by atoms with Crippen LogP contribution >= 0.6 is 46.4 Å². The molecule has 0 aliphatic carbocycles. The molecule has 0 saturated heterocycles. The van der Waals surface area contributed by atoms with Gasteiger partial charge in [0, 0.05) is 64.7 Å². The zero-order valence-corrected chi connectivity index (χ0v) is 37.2. The molecule has 0 aliphatic rings. The number of carbonyl (C=O) groups is 1. The zero-order chi connectivity index (χ0) is 45.1. The van der Waals surface area contributed by atoms with E-state index in [1.165, 1.54) is 19.3 Å². The van der Waals surface area contributed by atoms with Crippen LogP contribution in [0.3, 0.4) is 0 Å². The van der Waals surface area contributed by atoms with E-state index in [0.29, 0.717) is 83.4 Å². The number of rotatable bonds is 19. The SMILES string of the molecule is [C-]#[N+]c1cncc(COc2cc(OCc3cccc(-c4cccc(COc5cc(OCc6cncc(C#N)c6)c(CC)cc5Cl)c4Cl)c3Cl)c(Cl)cc2CC[C@](C)(CO)C(=O)O)c1. The van der Waals surface area contributed by atoms with Crippen molar-refractivity contribution in [2.75, 3.05) is 6.61 Å². The number of hydrogen-bond donors (Lipinski definition) is 2. The lowest BCUT2D eigenvalue weighted by Gasteiger charge is -2.23. The van der Waals surface area contributed by atoms with Gasteiger partial charge >= 0.3 is 5.97 Å². The molecule has 0 radical (unpaired) electrons. The third-order valence-corrected chi connectivity index (χ3v) is 11.7. The molecule has 322 valence electrons. The smallest absolute Gasteiger partial charge is 0.311 e. The van der Waals surface area contributed by atoms with E-state index in [1.54, 1.807) is 42.7 Å². The van der Waals surface area contributed by atoms with Gasteiger partial charge in [0.05, 0.1) is 44.2 Å². The summed E-state index contributed by atoms with van der Waals surface area (Å²) in [6, 6.07) is 23.4. The zero-order valence-electron chi connectivity index (χ0n) is 34.1. The summed E-state index contributed by atoms with van der Waals surface area (Å²) in [5, 5.41) is 30.3. The number of aliphatic hydroxyl groups is 1. The molecule has 11 nitrogen and oxygen atoms in total. The topological polar surface area (TPSA) is 148 Å². The number of benzene rings is 4. The number of halogens is 4. The van der Waals surface area contributed by atoms with Gasteiger partial charge in [-0.2, -0.15) is 5.26 Å². The second-order valence-corrected chi connectivity index (χ2v) is 16.3. The third-order valence-electron chi connectivity index (χ3n) is 10.3. The maximum Gasteiger partial charge on any atom is 0.311 e. The summed E-state index contributed by atoms with van der Waals surface area (Å²) < 4.78 is 24.8. The van der Waals surface area contributed by atoms with E-state index in [1.807, 2.05) is 49.4 Å². The Kier molecular flexibility index (Phi) is 15.7. The van der Waals surface area contributed by atoms with Crippen LogP contribution in [-0.2, 0) is 44.1 Å². The monoisotopic (exact) mass is 924 g/mol. The molecule has 15 heteroatoms. The van der Waals surface area contributed by atoms with Crippen molar-refractivity contribution in [1.82, 2.24) is 9.97 Å². The van der Waals surface area contributed by atoms with Gasteiger partial charge in [0.25, 0.3) is 0 Å². The molecule has 0 bridgehead atoms. The van der Waals surface area contributed by atoms with Crippen LogP contribution in [0.25, 0.3) is 16.0 Å². The van der Waals surface area contributed by atoms with Crippen molar-refractivity contribution in [3.63, 3.8) is 0 Å². The van der Waals surface area contributed by atoms with Gasteiger partial charge in [-0.3, -0.25) is 14.8 Å². The first kappa shape index (κ1) is 46.5. The van der Waals surface area contributed by atoms with E-state index in [2.05, 4.69) is 20.9 Å². The van der Waals surface area contributed by atoms with Crippen LogP contribution in [0.5, 0.6) is 23.0 Å². The molecule has 0 unspecified atom stereocenters. The summed E-state index contributed by atoms with van der Waals surface area (Å²) in [5.74, 6) is 0.536. The van der Waals surface area contributed by atoms with Gasteiger partial charge in [-0.1, -0.05) is 89.7 Å². The first-order valence-electron chi connectivity index (χ1n) is 19.6. The molecule has 0 spiro atoms. The quantitative estimate of drug-likeness (QED) is 0.0752. The molecule has 0 saturated carbocycles. The van der Waals surface area contributed by atoms with E-state index < -0.39 is 18.0 Å². The predicted molar refractivity (Wildman–Crippen MR) is 242 cm³/mol. The fraction of sp³-hybridized carbons (Fsp3) is 0.229. The minimum absolute atomic E-state index is 0.0150. The summed E-state index contributed by atoms with van der Waals surface area (Å²) in [7, 11) is 0. The number of ether oxygens (including phenoxy) is 4. The molecule has 2 aromatic heterocycles. The van der Waals surface area contributed by atoms with Crippen LogP contribution in [0.2, 0.25) is 20.1 Å². The van der Waals surface area contributed by atoms with Crippen molar-refractivity contribution < 1.29 is 34.0 Å². The number of nitrogens with zero attached hydrogens (tertiary/aromatic N) is 4. The van der Waals surface area contributed by atoms with Crippen LogP contribution < -0.4 is 18.9 Å². The van der Waals surface area contributed by atoms with Gasteiger partial charge in [-0.25, -0.2) is 4.85 Å². The third kappa shape index (κ3) is 11.5. The van der Waals surface area contributed by atoms with E-state index in [9.17, 15) is 20.3 Å². The van der Waals surface area contributed by atoms with Crippen LogP contribution in [-0.4, -0.2) is 32.8 Å². The maximum atomic E-state index is 11.9. The first-order valence-corrected chi connectivity index (χ1v) is 21.1. The van der Waals surface area contributed by atoms with E-state index >= 15 is 0 Å². The van der Waals surface area contributed by atoms with Crippen molar-refractivity contribution in [3.8, 4) is 40.2 Å². The molecule has 63 heavy (non-hydrogen) atoms. The number of carboxylic acid groups (broad SMARTS) is 1. The molecule has 2 N–H and O–H groups in total. The number of aliphatic carboxylic acids is 1. The minimum atomic E-state index is -1.38. The molecule has 0 aliphatic heterocycles. The summed E-state index contributed by atoms with van der Waals surface area (Å²) in [5.41, 5.74) is 4.96. The van der Waals surface area contributed by atoms with Crippen LogP contribution in [0, 0.1) is 23.3 Å². The number of pyridine rings is 2. The van der Waals surface area contributed by atoms with E-state index in [4.69, 9.17) is 71.9 Å². The Hall–Kier alpha value is -6.05. The standard InChI is InChI=1S/C48H40Cl4N4O7/c1-4-32-15-39(49)43(17-41(32)60-24-30-13-29(19-53)20-55-21-30)62-26-34-7-5-9-37(45(34)51)38-10-6-8-35(46(38)52)27-63-44-18-42(61-25-31-14-36(54-3)23-56-22-31)33(16-40(44)50)11-12-48(2,28-57)47(58)59/h5-10,13-18,20-23,57H,4,11-12,24-28H2,1-2H3,(H,58,59)/t48-/m1/s1. The Morgan fingerprint density at radius 3 is 1.78 bits per heavy atom. The van der Waals surface area contributed by atoms with Crippen molar-refractivity contribution >= 4 is 58.1 Å². The number of hydrogen-bond acceptors (Lipinski definition) is 9. The Morgan fingerprint density at radius 2 is 1.25 bits per heavy atom. The Bertz CT molecular complexity index is 2720. The van der Waals surface area contributed by atoms with Gasteiger partial charge in [-0.05, 0) is 67.1 Å². The highest BCUT2D eigenvalue weighted by Gasteiger charge is 2.32. The molecule has 6 aromatic rings. The molecule has 0 fully saturated rings. The Balaban J connectivity index is 1.19. The largest absolute Gasteiger partial charge is 0.488 e. The van der Waals surface area contributed by atoms with E-state index in [-0.39, 0.29) is 50.0 Å². The Morgan fingerprint density at radius 1 is 0.730 bits per heavy atom. The van der Waals surface area contributed by atoms with Gasteiger partial charge in [0.15, 0.2) is 0 Å². The van der Waals surface area contributed by atoms with Gasteiger partial charge in [0.2, 0.25) is 5.69 Å². The first-order chi connectivity index (χ1) is 30.4. The van der Waals surface area contributed by atoms with Crippen LogP contribution in [0.15, 0.2) is 97.6 Å². The number of aromatic nitrogens is 2. The molecular formula is C48H40Cl4N4O7. The van der Waals surface area contributed by atoms with E-state index in [0.717, 1.165) is 11.1 Å². The highest BCUT2D eigenvalue weighted by Crippen LogP contribution is 2.41. The fourth-order valence-electron chi connectivity index (χ4n) is 6.45. The number of aryl methyl sites for hydroxylation is 2. The lowest BCUT2D eigenvalue weighted by atomic mass is 9.85. The fourth-order valence-corrected chi connectivity index (χ4v) is 7.50. The second kappa shape index (κ2) is 21.4. The van der Waals surface area contributed by atoms with Crippen molar-refractivity contribution in [1.29, 1.82) is 5.26 Å².